The zero-order valence-electron chi connectivity index (χ0n) is 9.19. The van der Waals surface area contributed by atoms with Crippen LogP contribution in [0.2, 0.25) is 0 Å². The van der Waals surface area contributed by atoms with Crippen LogP contribution in [0.15, 0.2) is 41.4 Å². The van der Waals surface area contributed by atoms with Gasteiger partial charge in [0.25, 0.3) is 0 Å². The van der Waals surface area contributed by atoms with Gasteiger partial charge in [-0.1, -0.05) is 23.8 Å². The predicted molar refractivity (Wildman–Crippen MR) is 64.1 cm³/mol. The number of H-pyrrole nitrogens is 1. The first kappa shape index (κ1) is 11.0. The van der Waals surface area contributed by atoms with E-state index in [1.165, 1.54) is 6.26 Å². The summed E-state index contributed by atoms with van der Waals surface area (Å²) in [7, 11) is -3.18. The SMILES string of the molecule is Cc1cccc(-c2[nH]ccc2S(C)(=O)=O)c1. The summed E-state index contributed by atoms with van der Waals surface area (Å²) in [5.41, 5.74) is 2.66. The molecule has 0 radical (unpaired) electrons. The second-order valence-electron chi connectivity index (χ2n) is 3.86. The summed E-state index contributed by atoms with van der Waals surface area (Å²) in [6.45, 7) is 1.98. The summed E-state index contributed by atoms with van der Waals surface area (Å²) < 4.78 is 23.1. The van der Waals surface area contributed by atoms with Crippen LogP contribution in [-0.2, 0) is 9.84 Å². The number of hydrogen-bond acceptors (Lipinski definition) is 2. The van der Waals surface area contributed by atoms with Crippen molar-refractivity contribution in [3.8, 4) is 11.3 Å². The molecule has 0 saturated carbocycles. The molecule has 0 aliphatic carbocycles. The molecule has 0 aliphatic rings. The molecule has 0 saturated heterocycles. The van der Waals surface area contributed by atoms with E-state index < -0.39 is 9.84 Å². The van der Waals surface area contributed by atoms with E-state index in [4.69, 9.17) is 0 Å². The van der Waals surface area contributed by atoms with Gasteiger partial charge in [0.1, 0.15) is 0 Å². The van der Waals surface area contributed by atoms with E-state index in [-0.39, 0.29) is 0 Å². The van der Waals surface area contributed by atoms with Crippen LogP contribution in [0.5, 0.6) is 0 Å². The minimum absolute atomic E-state index is 0.345. The van der Waals surface area contributed by atoms with Gasteiger partial charge in [-0.05, 0) is 24.6 Å². The highest BCUT2D eigenvalue weighted by Gasteiger charge is 2.15. The van der Waals surface area contributed by atoms with Crippen molar-refractivity contribution in [2.45, 2.75) is 11.8 Å². The van der Waals surface area contributed by atoms with Crippen LogP contribution in [0.1, 0.15) is 5.56 Å². The number of aromatic amines is 1. The van der Waals surface area contributed by atoms with E-state index in [2.05, 4.69) is 4.98 Å². The van der Waals surface area contributed by atoms with Crippen LogP contribution in [-0.4, -0.2) is 19.7 Å². The first-order chi connectivity index (χ1) is 7.48. The van der Waals surface area contributed by atoms with Crippen molar-refractivity contribution >= 4 is 9.84 Å². The molecule has 2 aromatic rings. The van der Waals surface area contributed by atoms with Crippen molar-refractivity contribution in [3.63, 3.8) is 0 Å². The van der Waals surface area contributed by atoms with Gasteiger partial charge in [-0.3, -0.25) is 0 Å². The Balaban J connectivity index is 2.62. The van der Waals surface area contributed by atoms with Gasteiger partial charge in [0.2, 0.25) is 0 Å². The molecule has 0 unspecified atom stereocenters. The molecule has 0 aliphatic heterocycles. The van der Waals surface area contributed by atoms with Gasteiger partial charge in [0.15, 0.2) is 9.84 Å². The Labute approximate surface area is 95.1 Å². The number of sulfone groups is 1. The number of nitrogens with one attached hydrogen (secondary N) is 1. The Bertz CT molecular complexity index is 611. The lowest BCUT2D eigenvalue weighted by atomic mass is 10.1. The van der Waals surface area contributed by atoms with Crippen LogP contribution in [0, 0.1) is 6.92 Å². The minimum atomic E-state index is -3.18. The quantitative estimate of drug-likeness (QED) is 0.869. The molecule has 3 nitrogen and oxygen atoms in total. The smallest absolute Gasteiger partial charge is 0.177 e. The van der Waals surface area contributed by atoms with Gasteiger partial charge in [-0.25, -0.2) is 8.42 Å². The third-order valence-corrected chi connectivity index (χ3v) is 3.55. The van der Waals surface area contributed by atoms with Crippen molar-refractivity contribution < 1.29 is 8.42 Å². The van der Waals surface area contributed by atoms with Crippen molar-refractivity contribution in [1.29, 1.82) is 0 Å². The highest BCUT2D eigenvalue weighted by atomic mass is 32.2. The maximum atomic E-state index is 11.6. The van der Waals surface area contributed by atoms with E-state index in [9.17, 15) is 8.42 Å². The molecular weight excluding hydrogens is 222 g/mol. The van der Waals surface area contributed by atoms with Crippen LogP contribution < -0.4 is 0 Å². The average Bonchev–Trinajstić information content (AvgIpc) is 2.65. The molecule has 84 valence electrons. The van der Waals surface area contributed by atoms with Gasteiger partial charge in [0, 0.05) is 12.5 Å². The highest BCUT2D eigenvalue weighted by molar-refractivity contribution is 7.90. The Hall–Kier alpha value is -1.55. The summed E-state index contributed by atoms with van der Waals surface area (Å²) in [4.78, 5) is 3.32. The van der Waals surface area contributed by atoms with Crippen LogP contribution in [0.25, 0.3) is 11.3 Å². The van der Waals surface area contributed by atoms with E-state index in [1.54, 1.807) is 12.3 Å². The monoisotopic (exact) mass is 235 g/mol. The van der Waals surface area contributed by atoms with Gasteiger partial charge in [0.05, 0.1) is 10.6 Å². The maximum Gasteiger partial charge on any atom is 0.177 e. The molecule has 4 heteroatoms. The van der Waals surface area contributed by atoms with Gasteiger partial charge >= 0.3 is 0 Å². The molecule has 0 atom stereocenters. The molecule has 16 heavy (non-hydrogen) atoms. The Kier molecular flexibility index (Phi) is 2.59. The number of rotatable bonds is 2. The largest absolute Gasteiger partial charge is 0.360 e. The van der Waals surface area contributed by atoms with Crippen LogP contribution >= 0.6 is 0 Å². The van der Waals surface area contributed by atoms with Crippen LogP contribution in [0.3, 0.4) is 0 Å². The second-order valence-corrected chi connectivity index (χ2v) is 5.84. The Morgan fingerprint density at radius 2 is 1.94 bits per heavy atom. The van der Waals surface area contributed by atoms with Crippen LogP contribution in [0.4, 0.5) is 0 Å². The third kappa shape index (κ3) is 2.02. The molecule has 1 heterocycles. The maximum absolute atomic E-state index is 11.6. The molecule has 0 bridgehead atoms. The number of aryl methyl sites for hydroxylation is 1. The summed E-state index contributed by atoms with van der Waals surface area (Å²) in [5.74, 6) is 0. The summed E-state index contributed by atoms with van der Waals surface area (Å²) in [6.07, 6.45) is 2.86. The summed E-state index contributed by atoms with van der Waals surface area (Å²) >= 11 is 0. The standard InChI is InChI=1S/C12H13NO2S/c1-9-4-3-5-10(8-9)12-11(6-7-13-12)16(2,14)15/h3-8,13H,1-2H3. The van der Waals surface area contributed by atoms with E-state index >= 15 is 0 Å². The Morgan fingerprint density at radius 1 is 1.19 bits per heavy atom. The lowest BCUT2D eigenvalue weighted by Crippen LogP contribution is -1.97. The van der Waals surface area contributed by atoms with E-state index in [1.807, 2.05) is 31.2 Å². The number of aromatic nitrogens is 1. The fourth-order valence-electron chi connectivity index (χ4n) is 1.69. The van der Waals surface area contributed by atoms with Crippen molar-refractivity contribution in [2.24, 2.45) is 0 Å². The minimum Gasteiger partial charge on any atom is -0.360 e. The van der Waals surface area contributed by atoms with Crippen molar-refractivity contribution in [2.75, 3.05) is 6.26 Å². The average molecular weight is 235 g/mol. The molecule has 1 aromatic carbocycles. The number of hydrogen-bond donors (Lipinski definition) is 1. The topological polar surface area (TPSA) is 49.9 Å². The van der Waals surface area contributed by atoms with Crippen molar-refractivity contribution in [1.82, 2.24) is 4.98 Å². The molecule has 0 amide bonds. The molecular formula is C12H13NO2S. The molecule has 2 rings (SSSR count). The lowest BCUT2D eigenvalue weighted by molar-refractivity contribution is 0.602. The van der Waals surface area contributed by atoms with Gasteiger partial charge in [-0.2, -0.15) is 0 Å². The zero-order chi connectivity index (χ0) is 11.8. The first-order valence-corrected chi connectivity index (χ1v) is 6.82. The fraction of sp³-hybridized carbons (Fsp3) is 0.167. The summed E-state index contributed by atoms with van der Waals surface area (Å²) in [5, 5.41) is 0. The second kappa shape index (κ2) is 3.79. The lowest BCUT2D eigenvalue weighted by Gasteiger charge is -2.03. The number of benzene rings is 1. The van der Waals surface area contributed by atoms with Gasteiger partial charge in [-0.15, -0.1) is 0 Å². The van der Waals surface area contributed by atoms with Gasteiger partial charge < -0.3 is 4.98 Å². The fourth-order valence-corrected chi connectivity index (χ4v) is 2.55. The predicted octanol–water partition coefficient (Wildman–Crippen LogP) is 2.39. The molecule has 1 N–H and O–H groups in total. The van der Waals surface area contributed by atoms with E-state index in [0.717, 1.165) is 11.1 Å². The van der Waals surface area contributed by atoms with Crippen molar-refractivity contribution in [3.05, 3.63) is 42.1 Å². The first-order valence-electron chi connectivity index (χ1n) is 4.93. The molecule has 0 spiro atoms. The third-order valence-electron chi connectivity index (χ3n) is 2.41. The molecule has 0 fully saturated rings. The highest BCUT2D eigenvalue weighted by Crippen LogP contribution is 2.26. The Morgan fingerprint density at radius 3 is 2.56 bits per heavy atom. The zero-order valence-corrected chi connectivity index (χ0v) is 10.0. The summed E-state index contributed by atoms with van der Waals surface area (Å²) in [6, 6.07) is 9.34. The molecule has 1 aromatic heterocycles. The van der Waals surface area contributed by atoms with E-state index in [0.29, 0.717) is 10.6 Å². The normalized spacial score (nSPS) is 11.6.